The van der Waals surface area contributed by atoms with Crippen molar-refractivity contribution in [3.8, 4) is 0 Å². The summed E-state index contributed by atoms with van der Waals surface area (Å²) >= 11 is 0. The number of aromatic nitrogens is 4. The average Bonchev–Trinajstić information content (AvgIpc) is 2.99. The van der Waals surface area contributed by atoms with Gasteiger partial charge < -0.3 is 9.30 Å². The van der Waals surface area contributed by atoms with Gasteiger partial charge in [0.1, 0.15) is 5.82 Å². The Morgan fingerprint density at radius 3 is 2.77 bits per heavy atom. The molecule has 0 N–H and O–H groups in total. The van der Waals surface area contributed by atoms with Gasteiger partial charge in [0.25, 0.3) is 5.56 Å². The first-order chi connectivity index (χ1) is 10.8. The smallest absolute Gasteiger partial charge is 0.296 e. The summed E-state index contributed by atoms with van der Waals surface area (Å²) in [5.74, 6) is 1.23. The molecule has 1 fully saturated rings. The van der Waals surface area contributed by atoms with E-state index >= 15 is 0 Å². The lowest BCUT2D eigenvalue weighted by Crippen LogP contribution is -2.23. The van der Waals surface area contributed by atoms with E-state index in [1.165, 1.54) is 12.8 Å². The summed E-state index contributed by atoms with van der Waals surface area (Å²) in [5, 5.41) is 8.41. The maximum absolute atomic E-state index is 12.5. The first-order valence-electron chi connectivity index (χ1n) is 8.33. The van der Waals surface area contributed by atoms with Gasteiger partial charge in [0.05, 0.1) is 0 Å². The van der Waals surface area contributed by atoms with Crippen LogP contribution in [0.15, 0.2) is 17.2 Å². The van der Waals surface area contributed by atoms with Gasteiger partial charge >= 0.3 is 0 Å². The van der Waals surface area contributed by atoms with E-state index in [0.717, 1.165) is 51.3 Å². The zero-order chi connectivity index (χ0) is 15.4. The van der Waals surface area contributed by atoms with Crippen molar-refractivity contribution >= 4 is 5.65 Å². The van der Waals surface area contributed by atoms with Gasteiger partial charge in [0, 0.05) is 38.1 Å². The molecule has 0 aliphatic carbocycles. The Labute approximate surface area is 130 Å². The first kappa shape index (κ1) is 15.2. The molecule has 1 saturated heterocycles. The average molecular weight is 304 g/mol. The number of hydrogen-bond acceptors (Lipinski definition) is 4. The summed E-state index contributed by atoms with van der Waals surface area (Å²) in [6, 6.07) is 0. The lowest BCUT2D eigenvalue weighted by atomic mass is 10.00. The van der Waals surface area contributed by atoms with Gasteiger partial charge in [-0.15, -0.1) is 10.2 Å². The predicted molar refractivity (Wildman–Crippen MR) is 84.2 cm³/mol. The van der Waals surface area contributed by atoms with E-state index in [1.807, 2.05) is 16.8 Å². The van der Waals surface area contributed by atoms with Gasteiger partial charge in [-0.25, -0.2) is 0 Å². The lowest BCUT2D eigenvalue weighted by Gasteiger charge is -2.20. The quantitative estimate of drug-likeness (QED) is 0.769. The van der Waals surface area contributed by atoms with E-state index < -0.39 is 0 Å². The third-order valence-electron chi connectivity index (χ3n) is 4.41. The van der Waals surface area contributed by atoms with Crippen molar-refractivity contribution in [3.05, 3.63) is 28.6 Å². The zero-order valence-electron chi connectivity index (χ0n) is 13.2. The fourth-order valence-electron chi connectivity index (χ4n) is 3.06. The molecule has 6 heteroatoms. The molecule has 2 aromatic rings. The Kier molecular flexibility index (Phi) is 4.87. The Bertz CT molecular complexity index is 670. The number of fused-ring (bicyclic) bond motifs is 1. The molecule has 0 amide bonds. The highest BCUT2D eigenvalue weighted by Gasteiger charge is 2.22. The number of unbranched alkanes of at least 4 members (excludes halogenated alkanes) is 3. The molecule has 2 aromatic heterocycles. The minimum Gasteiger partial charge on any atom is -0.381 e. The topological polar surface area (TPSA) is 61.4 Å². The van der Waals surface area contributed by atoms with Crippen LogP contribution in [0, 0.1) is 0 Å². The van der Waals surface area contributed by atoms with Crippen molar-refractivity contribution in [3.63, 3.8) is 0 Å². The van der Waals surface area contributed by atoms with Crippen LogP contribution in [0.3, 0.4) is 0 Å². The molecule has 0 atom stereocenters. The van der Waals surface area contributed by atoms with Crippen LogP contribution in [0.2, 0.25) is 0 Å². The number of ether oxygens (including phenoxy) is 1. The number of rotatable bonds is 6. The Balaban J connectivity index is 1.81. The molecular weight excluding hydrogens is 280 g/mol. The zero-order valence-corrected chi connectivity index (χ0v) is 13.2. The van der Waals surface area contributed by atoms with Crippen LogP contribution < -0.4 is 5.56 Å². The molecule has 0 aromatic carbocycles. The van der Waals surface area contributed by atoms with Crippen LogP contribution in [-0.2, 0) is 11.3 Å². The second-order valence-corrected chi connectivity index (χ2v) is 6.00. The highest BCUT2D eigenvalue weighted by atomic mass is 16.5. The van der Waals surface area contributed by atoms with Gasteiger partial charge in [-0.2, -0.15) is 0 Å². The van der Waals surface area contributed by atoms with Gasteiger partial charge in [0.15, 0.2) is 0 Å². The summed E-state index contributed by atoms with van der Waals surface area (Å²) in [7, 11) is 0. The van der Waals surface area contributed by atoms with Crippen LogP contribution in [0.1, 0.15) is 57.2 Å². The maximum atomic E-state index is 12.5. The maximum Gasteiger partial charge on any atom is 0.296 e. The summed E-state index contributed by atoms with van der Waals surface area (Å²) in [5.41, 5.74) is 0.407. The van der Waals surface area contributed by atoms with E-state index in [2.05, 4.69) is 17.1 Å². The van der Waals surface area contributed by atoms with Crippen LogP contribution >= 0.6 is 0 Å². The van der Waals surface area contributed by atoms with Gasteiger partial charge in [-0.05, 0) is 19.3 Å². The lowest BCUT2D eigenvalue weighted by molar-refractivity contribution is 0.0834. The van der Waals surface area contributed by atoms with Crippen molar-refractivity contribution in [2.45, 2.75) is 57.9 Å². The summed E-state index contributed by atoms with van der Waals surface area (Å²) < 4.78 is 9.01. The van der Waals surface area contributed by atoms with E-state index in [-0.39, 0.29) is 5.56 Å². The Morgan fingerprint density at radius 1 is 1.18 bits per heavy atom. The number of hydrogen-bond donors (Lipinski definition) is 0. The van der Waals surface area contributed by atoms with Crippen molar-refractivity contribution in [2.24, 2.45) is 0 Å². The SMILES string of the molecule is CCCCCCn1ccn2c(C3CCOCC3)nnc2c1=O. The fourth-order valence-corrected chi connectivity index (χ4v) is 3.06. The predicted octanol–water partition coefficient (Wildman–Crippen LogP) is 2.37. The van der Waals surface area contributed by atoms with Crippen molar-refractivity contribution < 1.29 is 4.74 Å². The molecule has 1 aliphatic rings. The first-order valence-corrected chi connectivity index (χ1v) is 8.33. The summed E-state index contributed by atoms with van der Waals surface area (Å²) in [6.07, 6.45) is 10.3. The molecule has 1 aliphatic heterocycles. The molecule has 3 heterocycles. The van der Waals surface area contributed by atoms with E-state index in [1.54, 1.807) is 4.57 Å². The minimum atomic E-state index is -0.0372. The number of aryl methyl sites for hydroxylation is 1. The molecule has 0 unspecified atom stereocenters. The molecular formula is C16H24N4O2. The van der Waals surface area contributed by atoms with Crippen LogP contribution in [-0.4, -0.2) is 32.4 Å². The monoisotopic (exact) mass is 304 g/mol. The second kappa shape index (κ2) is 7.05. The van der Waals surface area contributed by atoms with E-state index in [0.29, 0.717) is 11.6 Å². The Morgan fingerprint density at radius 2 is 2.00 bits per heavy atom. The normalized spacial score (nSPS) is 16.4. The van der Waals surface area contributed by atoms with Gasteiger partial charge in [-0.1, -0.05) is 26.2 Å². The molecule has 0 saturated carbocycles. The molecule has 22 heavy (non-hydrogen) atoms. The van der Waals surface area contributed by atoms with Gasteiger partial charge in [0.2, 0.25) is 5.65 Å². The molecule has 120 valence electrons. The minimum absolute atomic E-state index is 0.0372. The third kappa shape index (κ3) is 3.06. The van der Waals surface area contributed by atoms with Crippen molar-refractivity contribution in [1.29, 1.82) is 0 Å². The van der Waals surface area contributed by atoms with E-state index in [9.17, 15) is 4.79 Å². The number of nitrogens with zero attached hydrogens (tertiary/aromatic N) is 4. The highest BCUT2D eigenvalue weighted by Crippen LogP contribution is 2.25. The van der Waals surface area contributed by atoms with Crippen LogP contribution in [0.5, 0.6) is 0 Å². The molecule has 3 rings (SSSR count). The van der Waals surface area contributed by atoms with Gasteiger partial charge in [-0.3, -0.25) is 9.20 Å². The largest absolute Gasteiger partial charge is 0.381 e. The Hall–Kier alpha value is -1.69. The van der Waals surface area contributed by atoms with Crippen molar-refractivity contribution in [2.75, 3.05) is 13.2 Å². The fraction of sp³-hybridized carbons (Fsp3) is 0.688. The standard InChI is InChI=1S/C16H24N4O2/c1-2-3-4-5-8-19-9-10-20-14(13-6-11-22-12-7-13)17-18-15(20)16(19)21/h9-10,13H,2-8,11-12H2,1H3. The van der Waals surface area contributed by atoms with Crippen LogP contribution in [0.25, 0.3) is 5.65 Å². The molecule has 0 bridgehead atoms. The third-order valence-corrected chi connectivity index (χ3v) is 4.41. The molecule has 0 spiro atoms. The summed E-state index contributed by atoms with van der Waals surface area (Å²) in [6.45, 7) is 4.46. The molecule has 6 nitrogen and oxygen atoms in total. The highest BCUT2D eigenvalue weighted by molar-refractivity contribution is 5.35. The second-order valence-electron chi connectivity index (χ2n) is 6.00. The summed E-state index contributed by atoms with van der Waals surface area (Å²) in [4.78, 5) is 12.5. The van der Waals surface area contributed by atoms with Crippen LogP contribution in [0.4, 0.5) is 0 Å². The van der Waals surface area contributed by atoms with E-state index in [4.69, 9.17) is 4.74 Å². The molecule has 0 radical (unpaired) electrons. The van der Waals surface area contributed by atoms with Crippen molar-refractivity contribution in [1.82, 2.24) is 19.2 Å².